The van der Waals surface area contributed by atoms with Gasteiger partial charge < -0.3 is 15.5 Å². The summed E-state index contributed by atoms with van der Waals surface area (Å²) >= 11 is 0. The molecule has 0 aromatic rings. The Morgan fingerprint density at radius 1 is 1.12 bits per heavy atom. The largest absolute Gasteiger partial charge is 1.00 e. The van der Waals surface area contributed by atoms with E-state index < -0.39 is 0 Å². The molecule has 0 saturated heterocycles. The van der Waals surface area contributed by atoms with Crippen molar-refractivity contribution in [1.82, 2.24) is 0 Å². The van der Waals surface area contributed by atoms with Gasteiger partial charge in [-0.1, -0.05) is 27.7 Å². The van der Waals surface area contributed by atoms with Gasteiger partial charge in [-0.25, -0.2) is 0 Å². The van der Waals surface area contributed by atoms with Gasteiger partial charge in [0.25, 0.3) is 0 Å². The third-order valence-corrected chi connectivity index (χ3v) is 1.77. The molecule has 0 unspecified atom stereocenters. The van der Waals surface area contributed by atoms with Gasteiger partial charge in [-0.2, -0.15) is 5.41 Å². The summed E-state index contributed by atoms with van der Waals surface area (Å²) in [5.74, 6) is 0. The maximum Gasteiger partial charge on any atom is 1.00 e. The van der Waals surface area contributed by atoms with Crippen LogP contribution in [0, 0.1) is 11.5 Å². The first-order valence-electron chi connectivity index (χ1n) is 5.72. The van der Waals surface area contributed by atoms with E-state index in [0.29, 0.717) is 13.2 Å². The Kier molecular flexibility index (Phi) is 10.8. The van der Waals surface area contributed by atoms with Gasteiger partial charge in [0.1, 0.15) is 0 Å². The van der Waals surface area contributed by atoms with Crippen LogP contribution in [0.5, 0.6) is 0 Å². The first kappa shape index (κ1) is 18.6. The summed E-state index contributed by atoms with van der Waals surface area (Å²) in [6.45, 7) is 13.9. The summed E-state index contributed by atoms with van der Waals surface area (Å²) in [5.41, 5.74) is 1.31. The van der Waals surface area contributed by atoms with Crippen LogP contribution < -0.4 is 18.9 Å². The standard InChI is InChI=1S/C13H25O2.Li/c1-7-14-12(15-8-2)9-11(3)10-13(4,5)6;/h12H,7-9H2,1-6H3;/q-1;+1. The average Bonchev–Trinajstić information content (AvgIpc) is 2.00. The van der Waals surface area contributed by atoms with E-state index in [9.17, 15) is 0 Å². The molecule has 90 valence electrons. The van der Waals surface area contributed by atoms with Crippen LogP contribution in [0.2, 0.25) is 0 Å². The Hall–Kier alpha value is 0.257. The van der Waals surface area contributed by atoms with Gasteiger partial charge in [0.2, 0.25) is 0 Å². The van der Waals surface area contributed by atoms with Crippen LogP contribution in [0.4, 0.5) is 0 Å². The SMILES string of the molecule is CCOC(CC(C)=[C-]C(C)(C)C)OCC.[Li+]. The van der Waals surface area contributed by atoms with E-state index in [0.717, 1.165) is 6.42 Å². The summed E-state index contributed by atoms with van der Waals surface area (Å²) in [7, 11) is 0. The molecule has 0 aliphatic carbocycles. The van der Waals surface area contributed by atoms with Crippen LogP contribution in [0.25, 0.3) is 0 Å². The Morgan fingerprint density at radius 2 is 1.56 bits per heavy atom. The number of hydrogen-bond acceptors (Lipinski definition) is 2. The van der Waals surface area contributed by atoms with Crippen molar-refractivity contribution in [3.8, 4) is 0 Å². The molecule has 0 spiro atoms. The maximum atomic E-state index is 5.48. The van der Waals surface area contributed by atoms with E-state index in [1.165, 1.54) is 5.57 Å². The van der Waals surface area contributed by atoms with Crippen molar-refractivity contribution >= 4 is 0 Å². The molecule has 0 amide bonds. The molecule has 0 radical (unpaired) electrons. The second-order valence-electron chi connectivity index (χ2n) is 4.70. The molecule has 3 heteroatoms. The zero-order chi connectivity index (χ0) is 11.9. The zero-order valence-corrected chi connectivity index (χ0v) is 12.0. The minimum absolute atomic E-state index is 0. The topological polar surface area (TPSA) is 18.5 Å². The Morgan fingerprint density at radius 3 is 1.88 bits per heavy atom. The van der Waals surface area contributed by atoms with E-state index in [-0.39, 0.29) is 30.6 Å². The molecular formula is C13H25LiO2. The zero-order valence-electron chi connectivity index (χ0n) is 12.0. The quantitative estimate of drug-likeness (QED) is 0.370. The fourth-order valence-electron chi connectivity index (χ4n) is 1.48. The van der Waals surface area contributed by atoms with E-state index in [2.05, 4.69) is 33.8 Å². The molecular weight excluding hydrogens is 195 g/mol. The van der Waals surface area contributed by atoms with Crippen LogP contribution >= 0.6 is 0 Å². The number of allylic oxidation sites excluding steroid dienone is 1. The van der Waals surface area contributed by atoms with Crippen molar-refractivity contribution in [3.63, 3.8) is 0 Å². The number of hydrogen-bond donors (Lipinski definition) is 0. The molecule has 0 N–H and O–H groups in total. The summed E-state index contributed by atoms with van der Waals surface area (Å²) in [6.07, 6.45) is 4.11. The smallest absolute Gasteiger partial charge is 0.492 e. The summed E-state index contributed by atoms with van der Waals surface area (Å²) in [4.78, 5) is 0. The van der Waals surface area contributed by atoms with Gasteiger partial charge in [-0.3, -0.25) is 5.57 Å². The molecule has 0 fully saturated rings. The molecule has 0 heterocycles. The van der Waals surface area contributed by atoms with Crippen LogP contribution in [-0.4, -0.2) is 19.5 Å². The molecule has 0 aliphatic heterocycles. The van der Waals surface area contributed by atoms with Crippen LogP contribution in [-0.2, 0) is 9.47 Å². The molecule has 0 aromatic carbocycles. The van der Waals surface area contributed by atoms with Crippen LogP contribution in [0.15, 0.2) is 5.57 Å². The Balaban J connectivity index is 0. The monoisotopic (exact) mass is 220 g/mol. The van der Waals surface area contributed by atoms with Gasteiger partial charge in [-0.15, -0.1) is 0 Å². The molecule has 2 nitrogen and oxygen atoms in total. The summed E-state index contributed by atoms with van der Waals surface area (Å²) in [6, 6.07) is 0. The van der Waals surface area contributed by atoms with E-state index in [1.807, 2.05) is 13.8 Å². The van der Waals surface area contributed by atoms with Crippen molar-refractivity contribution in [3.05, 3.63) is 11.6 Å². The van der Waals surface area contributed by atoms with Crippen molar-refractivity contribution in [1.29, 1.82) is 0 Å². The third kappa shape index (κ3) is 10.8. The first-order valence-corrected chi connectivity index (χ1v) is 5.72. The van der Waals surface area contributed by atoms with Crippen molar-refractivity contribution < 1.29 is 28.3 Å². The normalized spacial score (nSPS) is 12.8. The fraction of sp³-hybridized carbons (Fsp3) is 0.846. The number of ether oxygens (including phenoxy) is 2. The molecule has 0 aromatic heterocycles. The van der Waals surface area contributed by atoms with Crippen LogP contribution in [0.3, 0.4) is 0 Å². The number of rotatable bonds is 6. The minimum Gasteiger partial charge on any atom is -0.492 e. The van der Waals surface area contributed by atoms with Crippen molar-refractivity contribution in [2.45, 2.75) is 54.3 Å². The van der Waals surface area contributed by atoms with Crippen LogP contribution in [0.1, 0.15) is 48.0 Å². The average molecular weight is 220 g/mol. The molecule has 16 heavy (non-hydrogen) atoms. The predicted octanol–water partition coefficient (Wildman–Crippen LogP) is 0.575. The molecule has 0 bridgehead atoms. The van der Waals surface area contributed by atoms with Gasteiger partial charge in [0, 0.05) is 13.2 Å². The molecule has 0 rings (SSSR count). The second kappa shape index (κ2) is 9.30. The summed E-state index contributed by atoms with van der Waals surface area (Å²) in [5, 5.41) is 0. The molecule has 0 aliphatic rings. The van der Waals surface area contributed by atoms with E-state index in [1.54, 1.807) is 0 Å². The third-order valence-electron chi connectivity index (χ3n) is 1.77. The van der Waals surface area contributed by atoms with Gasteiger partial charge in [-0.05, 0) is 20.3 Å². The fourth-order valence-corrected chi connectivity index (χ4v) is 1.48. The van der Waals surface area contributed by atoms with E-state index in [4.69, 9.17) is 9.47 Å². The summed E-state index contributed by atoms with van der Waals surface area (Å²) < 4.78 is 11.0. The second-order valence-corrected chi connectivity index (χ2v) is 4.70. The van der Waals surface area contributed by atoms with Gasteiger partial charge >= 0.3 is 18.9 Å². The maximum absolute atomic E-state index is 5.48. The Bertz CT molecular complexity index is 189. The first-order chi connectivity index (χ1) is 6.89. The van der Waals surface area contributed by atoms with Crippen molar-refractivity contribution in [2.75, 3.05) is 13.2 Å². The van der Waals surface area contributed by atoms with Gasteiger partial charge in [0.05, 0.1) is 0 Å². The van der Waals surface area contributed by atoms with Crippen molar-refractivity contribution in [2.24, 2.45) is 5.41 Å². The minimum atomic E-state index is -0.116. The Labute approximate surface area is 113 Å². The molecule has 0 saturated carbocycles. The van der Waals surface area contributed by atoms with E-state index >= 15 is 0 Å². The predicted molar refractivity (Wildman–Crippen MR) is 63.5 cm³/mol. The molecule has 0 atom stereocenters. The van der Waals surface area contributed by atoms with Gasteiger partial charge in [0.15, 0.2) is 6.29 Å².